The molecule has 6 N–H and O–H groups in total. The largest absolute Gasteiger partial charge is 0.507 e. The van der Waals surface area contributed by atoms with E-state index in [0.29, 0.717) is 32.0 Å². The SMILES string of the molecule is Cc1c(C(=O)CCc2ccccc2)c(O)c2c(OC3OC(CO)C4(CC5C6=C(CC=C6C6COCCC6C5C)CO4)C(O)C3O)cc(C(=O)O)cc2c1O. The van der Waals surface area contributed by atoms with Gasteiger partial charge >= 0.3 is 5.97 Å². The third kappa shape index (κ3) is 5.82. The molecule has 3 heterocycles. The van der Waals surface area contributed by atoms with E-state index in [1.54, 1.807) is 0 Å². The van der Waals surface area contributed by atoms with Crippen molar-refractivity contribution in [1.82, 2.24) is 0 Å². The molecular weight excluding hydrogens is 696 g/mol. The smallest absolute Gasteiger partial charge is 0.335 e. The van der Waals surface area contributed by atoms with Gasteiger partial charge in [-0.15, -0.1) is 0 Å². The van der Waals surface area contributed by atoms with Gasteiger partial charge in [-0.1, -0.05) is 43.3 Å². The first-order valence-corrected chi connectivity index (χ1v) is 18.7. The molecule has 12 nitrogen and oxygen atoms in total. The predicted molar refractivity (Wildman–Crippen MR) is 195 cm³/mol. The van der Waals surface area contributed by atoms with E-state index in [-0.39, 0.29) is 70.4 Å². The fourth-order valence-electron chi connectivity index (χ4n) is 9.89. The summed E-state index contributed by atoms with van der Waals surface area (Å²) in [7, 11) is 0. The van der Waals surface area contributed by atoms with Crippen molar-refractivity contribution >= 4 is 22.5 Å². The number of Topliss-reactive ketones (excluding diaryl/α,β-unsaturated/α-hetero) is 1. The summed E-state index contributed by atoms with van der Waals surface area (Å²) in [6.07, 6.45) is -1.71. The van der Waals surface area contributed by atoms with E-state index in [0.717, 1.165) is 29.7 Å². The van der Waals surface area contributed by atoms with E-state index in [1.165, 1.54) is 18.1 Å². The minimum absolute atomic E-state index is 0.00796. The number of phenolic OH excluding ortho intramolecular Hbond substituents is 2. The number of benzene rings is 3. The second-order valence-corrected chi connectivity index (χ2v) is 15.5. The van der Waals surface area contributed by atoms with Crippen LogP contribution in [0.2, 0.25) is 0 Å². The Labute approximate surface area is 312 Å². The number of aliphatic hydroxyl groups is 3. The lowest BCUT2D eigenvalue weighted by molar-refractivity contribution is -0.325. The number of aromatic hydroxyl groups is 2. The van der Waals surface area contributed by atoms with E-state index < -0.39 is 60.1 Å². The number of hydrogen-bond donors (Lipinski definition) is 6. The van der Waals surface area contributed by atoms with Crippen molar-refractivity contribution < 1.29 is 59.2 Å². The van der Waals surface area contributed by atoms with E-state index in [2.05, 4.69) is 13.0 Å². The second-order valence-electron chi connectivity index (χ2n) is 15.5. The van der Waals surface area contributed by atoms with Crippen molar-refractivity contribution in [1.29, 1.82) is 0 Å². The van der Waals surface area contributed by atoms with Gasteiger partial charge in [0.25, 0.3) is 0 Å². The molecule has 2 aliphatic carbocycles. The summed E-state index contributed by atoms with van der Waals surface area (Å²) in [5.41, 5.74) is 2.57. The molecule has 3 aromatic rings. The van der Waals surface area contributed by atoms with Crippen molar-refractivity contribution in [2.75, 3.05) is 26.4 Å². The maximum atomic E-state index is 13.6. The first kappa shape index (κ1) is 36.7. The number of carbonyl (C=O) groups is 2. The van der Waals surface area contributed by atoms with Crippen LogP contribution in [0, 0.1) is 30.6 Å². The van der Waals surface area contributed by atoms with Gasteiger partial charge in [-0.2, -0.15) is 0 Å². The van der Waals surface area contributed by atoms with Gasteiger partial charge in [-0.3, -0.25) is 4.79 Å². The fourth-order valence-corrected chi connectivity index (χ4v) is 9.89. The second kappa shape index (κ2) is 14.1. The molecule has 8 rings (SSSR count). The van der Waals surface area contributed by atoms with Crippen molar-refractivity contribution in [3.05, 3.63) is 87.5 Å². The minimum atomic E-state index is -1.76. The number of carboxylic acids is 1. The number of carboxylic acid groups (broad SMARTS) is 1. The van der Waals surface area contributed by atoms with Gasteiger partial charge in [0.1, 0.15) is 41.2 Å². The van der Waals surface area contributed by atoms with Gasteiger partial charge < -0.3 is 49.6 Å². The number of rotatable bonds is 8. The maximum Gasteiger partial charge on any atom is 0.335 e. The van der Waals surface area contributed by atoms with E-state index in [1.807, 2.05) is 30.3 Å². The number of ether oxygens (including phenoxy) is 4. The lowest BCUT2D eigenvalue weighted by Crippen LogP contribution is -2.69. The number of aromatic carboxylic acids is 1. The summed E-state index contributed by atoms with van der Waals surface area (Å²) >= 11 is 0. The molecular formula is C42H46O12. The molecule has 3 aliphatic heterocycles. The number of allylic oxidation sites excluding steroid dienone is 2. The summed E-state index contributed by atoms with van der Waals surface area (Å²) in [5, 5.41) is 67.3. The Kier molecular flexibility index (Phi) is 9.56. The lowest BCUT2D eigenvalue weighted by atomic mass is 9.58. The highest BCUT2D eigenvalue weighted by Gasteiger charge is 2.61. The molecule has 286 valence electrons. The molecule has 3 fully saturated rings. The molecule has 12 heteroatoms. The Morgan fingerprint density at radius 1 is 1.06 bits per heavy atom. The molecule has 54 heavy (non-hydrogen) atoms. The zero-order valence-electron chi connectivity index (χ0n) is 30.2. The monoisotopic (exact) mass is 742 g/mol. The number of aryl methyl sites for hydroxylation is 1. The quantitative estimate of drug-likeness (QED) is 0.139. The van der Waals surface area contributed by atoms with Crippen LogP contribution in [0.5, 0.6) is 17.2 Å². The van der Waals surface area contributed by atoms with Crippen LogP contribution in [-0.4, -0.2) is 99.0 Å². The molecule has 1 spiro atoms. The number of ketones is 1. The van der Waals surface area contributed by atoms with Crippen LogP contribution in [0.4, 0.5) is 0 Å². The number of aliphatic hydroxyl groups excluding tert-OH is 3. The van der Waals surface area contributed by atoms with E-state index in [4.69, 9.17) is 18.9 Å². The van der Waals surface area contributed by atoms with Gasteiger partial charge in [-0.25, -0.2) is 4.79 Å². The molecule has 0 aromatic heterocycles. The number of phenols is 2. The van der Waals surface area contributed by atoms with Gasteiger partial charge in [0.2, 0.25) is 6.29 Å². The summed E-state index contributed by atoms with van der Waals surface area (Å²) in [4.78, 5) is 25.9. The Balaban J connectivity index is 1.13. The highest BCUT2D eigenvalue weighted by Crippen LogP contribution is 2.57. The molecule has 3 aromatic carbocycles. The van der Waals surface area contributed by atoms with Gasteiger partial charge in [0, 0.05) is 29.9 Å². The Bertz CT molecular complexity index is 2050. The van der Waals surface area contributed by atoms with Crippen molar-refractivity contribution in [3.63, 3.8) is 0 Å². The van der Waals surface area contributed by atoms with Gasteiger partial charge in [0.05, 0.1) is 36.3 Å². The van der Waals surface area contributed by atoms with Crippen LogP contribution < -0.4 is 4.74 Å². The van der Waals surface area contributed by atoms with Crippen molar-refractivity contribution in [2.24, 2.45) is 23.7 Å². The normalized spacial score (nSPS) is 31.8. The molecule has 0 amide bonds. The molecule has 0 radical (unpaired) electrons. The van der Waals surface area contributed by atoms with Crippen LogP contribution in [0.1, 0.15) is 64.4 Å². The zero-order chi connectivity index (χ0) is 38.1. The molecule has 9 unspecified atom stereocenters. The van der Waals surface area contributed by atoms with Crippen molar-refractivity contribution in [3.8, 4) is 17.2 Å². The van der Waals surface area contributed by atoms with Gasteiger partial charge in [0.15, 0.2) is 5.78 Å². The lowest BCUT2D eigenvalue weighted by Gasteiger charge is -2.53. The minimum Gasteiger partial charge on any atom is -0.507 e. The van der Waals surface area contributed by atoms with Crippen LogP contribution in [0.3, 0.4) is 0 Å². The Morgan fingerprint density at radius 2 is 1.83 bits per heavy atom. The Hall–Kier alpha value is -4.30. The maximum absolute atomic E-state index is 13.6. The molecule has 2 saturated heterocycles. The summed E-state index contributed by atoms with van der Waals surface area (Å²) in [6.45, 7) is 4.58. The molecule has 9 atom stereocenters. The topological polar surface area (TPSA) is 192 Å². The Morgan fingerprint density at radius 3 is 2.57 bits per heavy atom. The first-order chi connectivity index (χ1) is 25.9. The molecule has 5 aliphatic rings. The highest BCUT2D eigenvalue weighted by atomic mass is 16.7. The first-order valence-electron chi connectivity index (χ1n) is 18.7. The van der Waals surface area contributed by atoms with E-state index >= 15 is 0 Å². The third-order valence-corrected chi connectivity index (χ3v) is 12.7. The molecule has 0 bridgehead atoms. The van der Waals surface area contributed by atoms with Crippen LogP contribution in [-0.2, 0) is 20.6 Å². The average molecular weight is 743 g/mol. The predicted octanol–water partition coefficient (Wildman–Crippen LogP) is 4.60. The van der Waals surface area contributed by atoms with Crippen molar-refractivity contribution in [2.45, 2.75) is 76.2 Å². The summed E-state index contributed by atoms with van der Waals surface area (Å²) < 4.78 is 24.8. The fraction of sp³-hybridized carbons (Fsp3) is 0.476. The summed E-state index contributed by atoms with van der Waals surface area (Å²) in [5.74, 6) is -2.30. The zero-order valence-corrected chi connectivity index (χ0v) is 30.2. The van der Waals surface area contributed by atoms with Crippen LogP contribution >= 0.6 is 0 Å². The number of carbonyl (C=O) groups excluding carboxylic acids is 1. The number of hydrogen-bond acceptors (Lipinski definition) is 11. The summed E-state index contributed by atoms with van der Waals surface area (Å²) in [6, 6.07) is 11.6. The standard InChI is InChI=1S/C42H46O12/c1-20-25-12-13-51-19-29(25)26-10-9-23-18-52-42(16-28(20)34(23)26)32(17-43)54-41(38(47)39(42)48)53-31-15-24(40(49)50)14-27-35(31)37(46)33(21(2)36(27)45)30(44)11-8-22-6-4-3-5-7-22/h3-7,10,14-15,20,25,28-29,32,38-39,41,43,45-48H,8-9,11-13,16-19H2,1-2H3,(H,49,50). The average Bonchev–Trinajstić information content (AvgIpc) is 3.53. The highest BCUT2D eigenvalue weighted by molar-refractivity contribution is 6.11. The van der Waals surface area contributed by atoms with Crippen LogP contribution in [0.15, 0.2) is 65.3 Å². The third-order valence-electron chi connectivity index (χ3n) is 12.7. The molecule has 1 saturated carbocycles. The van der Waals surface area contributed by atoms with Gasteiger partial charge in [-0.05, 0) is 84.8 Å². The van der Waals surface area contributed by atoms with E-state index in [9.17, 15) is 40.2 Å². The van der Waals surface area contributed by atoms with Crippen LogP contribution in [0.25, 0.3) is 10.8 Å². The number of fused-ring (bicyclic) bond motifs is 3.